The molecular weight excluding hydrogens is 343 g/mol. The Kier molecular flexibility index (Phi) is 5.43. The second-order valence-electron chi connectivity index (χ2n) is 6.32. The van der Waals surface area contributed by atoms with Gasteiger partial charge in [-0.15, -0.1) is 0 Å². The average Bonchev–Trinajstić information content (AvgIpc) is 3.05. The Morgan fingerprint density at radius 3 is 2.88 bits per heavy atom. The molecule has 0 aromatic heterocycles. The number of hydrogen-bond acceptors (Lipinski definition) is 3. The molecular formula is C19H20ClFN2O2. The summed E-state index contributed by atoms with van der Waals surface area (Å²) in [5, 5.41) is 12.6. The van der Waals surface area contributed by atoms with Crippen LogP contribution < -0.4 is 10.2 Å². The summed E-state index contributed by atoms with van der Waals surface area (Å²) < 4.78 is 13.8. The van der Waals surface area contributed by atoms with Gasteiger partial charge in [-0.05, 0) is 42.2 Å². The van der Waals surface area contributed by atoms with E-state index >= 15 is 0 Å². The molecule has 0 bridgehead atoms. The summed E-state index contributed by atoms with van der Waals surface area (Å²) in [7, 11) is 0. The number of halogens is 2. The molecule has 0 aliphatic carbocycles. The minimum Gasteiger partial charge on any atom is -0.506 e. The molecule has 2 aromatic rings. The van der Waals surface area contributed by atoms with Crippen LogP contribution in [0.2, 0.25) is 5.02 Å². The predicted octanol–water partition coefficient (Wildman–Crippen LogP) is 3.37. The molecule has 1 amide bonds. The van der Waals surface area contributed by atoms with Crippen LogP contribution in [0.15, 0.2) is 42.5 Å². The third-order valence-corrected chi connectivity index (χ3v) is 4.75. The molecule has 1 unspecified atom stereocenters. The molecule has 0 radical (unpaired) electrons. The summed E-state index contributed by atoms with van der Waals surface area (Å²) in [5.41, 5.74) is 1.37. The van der Waals surface area contributed by atoms with Crippen LogP contribution in [-0.4, -0.2) is 30.6 Å². The third-order valence-electron chi connectivity index (χ3n) is 4.44. The monoisotopic (exact) mass is 362 g/mol. The van der Waals surface area contributed by atoms with E-state index in [1.807, 2.05) is 11.0 Å². The largest absolute Gasteiger partial charge is 0.506 e. The van der Waals surface area contributed by atoms with E-state index in [2.05, 4.69) is 5.32 Å². The SMILES string of the molecule is O=C(Cc1ccc(O)c(Cl)c1)NCC1CCN(c2ccccc2F)C1. The lowest BCUT2D eigenvalue weighted by Crippen LogP contribution is -2.32. The Labute approximate surface area is 151 Å². The van der Waals surface area contributed by atoms with Gasteiger partial charge in [-0.1, -0.05) is 29.8 Å². The van der Waals surface area contributed by atoms with Crippen LogP contribution in [0.5, 0.6) is 5.75 Å². The highest BCUT2D eigenvalue weighted by molar-refractivity contribution is 6.32. The fraction of sp³-hybridized carbons (Fsp3) is 0.316. The number of para-hydroxylation sites is 1. The van der Waals surface area contributed by atoms with Gasteiger partial charge in [0.2, 0.25) is 5.91 Å². The highest BCUT2D eigenvalue weighted by atomic mass is 35.5. The van der Waals surface area contributed by atoms with Crippen molar-refractivity contribution >= 4 is 23.2 Å². The fourth-order valence-electron chi connectivity index (χ4n) is 3.09. The smallest absolute Gasteiger partial charge is 0.224 e. The van der Waals surface area contributed by atoms with Crippen molar-refractivity contribution in [2.24, 2.45) is 5.92 Å². The van der Waals surface area contributed by atoms with Crippen LogP contribution >= 0.6 is 11.6 Å². The zero-order chi connectivity index (χ0) is 17.8. The van der Waals surface area contributed by atoms with Crippen LogP contribution in [0.1, 0.15) is 12.0 Å². The fourth-order valence-corrected chi connectivity index (χ4v) is 3.30. The quantitative estimate of drug-likeness (QED) is 0.857. The van der Waals surface area contributed by atoms with Crippen LogP contribution in [0.3, 0.4) is 0 Å². The third kappa shape index (κ3) is 4.42. The average molecular weight is 363 g/mol. The van der Waals surface area contributed by atoms with Crippen molar-refractivity contribution in [1.29, 1.82) is 0 Å². The number of hydrogen-bond donors (Lipinski definition) is 2. The van der Waals surface area contributed by atoms with E-state index in [0.717, 1.165) is 25.1 Å². The van der Waals surface area contributed by atoms with Crippen molar-refractivity contribution in [2.45, 2.75) is 12.8 Å². The maximum atomic E-state index is 13.8. The van der Waals surface area contributed by atoms with Gasteiger partial charge >= 0.3 is 0 Å². The van der Waals surface area contributed by atoms with Gasteiger partial charge in [0.15, 0.2) is 0 Å². The molecule has 1 aliphatic heterocycles. The number of aromatic hydroxyl groups is 1. The number of amides is 1. The highest BCUT2D eigenvalue weighted by Gasteiger charge is 2.24. The Morgan fingerprint density at radius 2 is 2.12 bits per heavy atom. The number of carbonyl (C=O) groups excluding carboxylic acids is 1. The molecule has 0 spiro atoms. The number of anilines is 1. The van der Waals surface area contributed by atoms with E-state index in [4.69, 9.17) is 11.6 Å². The number of phenols is 1. The van der Waals surface area contributed by atoms with Gasteiger partial charge in [0.1, 0.15) is 11.6 Å². The molecule has 25 heavy (non-hydrogen) atoms. The summed E-state index contributed by atoms with van der Waals surface area (Å²) in [5.74, 6) is -0.000490. The highest BCUT2D eigenvalue weighted by Crippen LogP contribution is 2.26. The standard InChI is InChI=1S/C19H20ClFN2O2/c20-15-9-13(5-6-18(15)24)10-19(25)22-11-14-7-8-23(12-14)17-4-2-1-3-16(17)21/h1-6,9,14,24H,7-8,10-12H2,(H,22,25). The minimum absolute atomic E-state index is 0.00464. The second kappa shape index (κ2) is 7.74. The van der Waals surface area contributed by atoms with Crippen LogP contribution in [0.25, 0.3) is 0 Å². The van der Waals surface area contributed by atoms with Crippen molar-refractivity contribution in [3.63, 3.8) is 0 Å². The molecule has 2 aromatic carbocycles. The molecule has 4 nitrogen and oxygen atoms in total. The summed E-state index contributed by atoms with van der Waals surface area (Å²) in [4.78, 5) is 14.1. The first-order valence-electron chi connectivity index (χ1n) is 8.26. The van der Waals surface area contributed by atoms with Crippen LogP contribution in [0, 0.1) is 11.7 Å². The van der Waals surface area contributed by atoms with Gasteiger partial charge in [0, 0.05) is 19.6 Å². The molecule has 3 rings (SSSR count). The van der Waals surface area contributed by atoms with Crippen LogP contribution in [-0.2, 0) is 11.2 Å². The van der Waals surface area contributed by atoms with Crippen molar-refractivity contribution < 1.29 is 14.3 Å². The van der Waals surface area contributed by atoms with Gasteiger partial charge in [0.25, 0.3) is 0 Å². The Morgan fingerprint density at radius 1 is 1.32 bits per heavy atom. The summed E-state index contributed by atoms with van der Waals surface area (Å²) in [6.07, 6.45) is 1.13. The zero-order valence-corrected chi connectivity index (χ0v) is 14.5. The lowest BCUT2D eigenvalue weighted by Gasteiger charge is -2.19. The van der Waals surface area contributed by atoms with Gasteiger partial charge in [-0.25, -0.2) is 4.39 Å². The normalized spacial score (nSPS) is 16.9. The molecule has 1 saturated heterocycles. The Bertz CT molecular complexity index is 769. The van der Waals surface area contributed by atoms with Gasteiger partial charge in [0.05, 0.1) is 17.1 Å². The molecule has 6 heteroatoms. The number of carbonyl (C=O) groups is 1. The van der Waals surface area contributed by atoms with Gasteiger partial charge in [-0.3, -0.25) is 4.79 Å². The maximum Gasteiger partial charge on any atom is 0.224 e. The second-order valence-corrected chi connectivity index (χ2v) is 6.73. The molecule has 1 heterocycles. The van der Waals surface area contributed by atoms with Crippen molar-refractivity contribution in [3.8, 4) is 5.75 Å². The number of phenolic OH excluding ortho intramolecular Hbond substituents is 1. The van der Waals surface area contributed by atoms with Crippen molar-refractivity contribution in [2.75, 3.05) is 24.5 Å². The van der Waals surface area contributed by atoms with E-state index < -0.39 is 0 Å². The summed E-state index contributed by atoms with van der Waals surface area (Å²) in [6, 6.07) is 11.5. The van der Waals surface area contributed by atoms with E-state index in [1.54, 1.807) is 24.3 Å². The van der Waals surface area contributed by atoms with Crippen LogP contribution in [0.4, 0.5) is 10.1 Å². The topological polar surface area (TPSA) is 52.6 Å². The maximum absolute atomic E-state index is 13.8. The van der Waals surface area contributed by atoms with Gasteiger partial charge < -0.3 is 15.3 Å². The number of benzene rings is 2. The number of nitrogens with one attached hydrogen (secondary N) is 1. The minimum atomic E-state index is -0.212. The van der Waals surface area contributed by atoms with Crippen molar-refractivity contribution in [1.82, 2.24) is 5.32 Å². The van der Waals surface area contributed by atoms with Crippen molar-refractivity contribution in [3.05, 3.63) is 58.9 Å². The zero-order valence-electron chi connectivity index (χ0n) is 13.7. The molecule has 1 aliphatic rings. The molecule has 0 saturated carbocycles. The molecule has 1 atom stereocenters. The lowest BCUT2D eigenvalue weighted by atomic mass is 10.1. The first-order chi connectivity index (χ1) is 12.0. The summed E-state index contributed by atoms with van der Waals surface area (Å²) >= 11 is 5.85. The Balaban J connectivity index is 1.48. The van der Waals surface area contributed by atoms with E-state index in [9.17, 15) is 14.3 Å². The van der Waals surface area contributed by atoms with E-state index in [1.165, 1.54) is 12.1 Å². The van der Waals surface area contributed by atoms with E-state index in [0.29, 0.717) is 18.2 Å². The number of nitrogens with zero attached hydrogens (tertiary/aromatic N) is 1. The van der Waals surface area contributed by atoms with Gasteiger partial charge in [-0.2, -0.15) is 0 Å². The van der Waals surface area contributed by atoms with E-state index in [-0.39, 0.29) is 28.9 Å². The predicted molar refractivity (Wildman–Crippen MR) is 96.6 cm³/mol. The lowest BCUT2D eigenvalue weighted by molar-refractivity contribution is -0.120. The number of rotatable bonds is 5. The Hall–Kier alpha value is -2.27. The molecule has 132 valence electrons. The summed E-state index contributed by atoms with van der Waals surface area (Å²) in [6.45, 7) is 2.08. The first-order valence-corrected chi connectivity index (χ1v) is 8.64. The molecule has 2 N–H and O–H groups in total. The first kappa shape index (κ1) is 17.5. The molecule has 1 fully saturated rings.